The minimum Gasteiger partial charge on any atom is -0.478 e. The van der Waals surface area contributed by atoms with Crippen molar-refractivity contribution in [3.05, 3.63) is 84.6 Å². The molecular formula is C26H23N3O5S. The lowest BCUT2D eigenvalue weighted by atomic mass is 9.96. The number of morpholine rings is 1. The molecule has 1 fully saturated rings. The van der Waals surface area contributed by atoms with Gasteiger partial charge in [0.2, 0.25) is 0 Å². The number of hydrogen-bond donors (Lipinski definition) is 2. The summed E-state index contributed by atoms with van der Waals surface area (Å²) < 4.78 is 34.4. The van der Waals surface area contributed by atoms with E-state index in [2.05, 4.69) is 14.6 Å². The van der Waals surface area contributed by atoms with Gasteiger partial charge in [0.1, 0.15) is 10.7 Å². The number of nitrogens with zero attached hydrogens (tertiary/aromatic N) is 2. The van der Waals surface area contributed by atoms with Crippen molar-refractivity contribution in [2.24, 2.45) is 0 Å². The van der Waals surface area contributed by atoms with Crippen molar-refractivity contribution in [3.8, 4) is 11.1 Å². The maximum absolute atomic E-state index is 13.2. The fraction of sp³-hybridized carbons (Fsp3) is 0.154. The average Bonchev–Trinajstić information content (AvgIpc) is 2.89. The van der Waals surface area contributed by atoms with Crippen LogP contribution in [0.15, 0.2) is 83.9 Å². The molecule has 0 bridgehead atoms. The molecule has 35 heavy (non-hydrogen) atoms. The second-order valence-corrected chi connectivity index (χ2v) is 9.83. The number of nitrogens with one attached hydrogen (secondary N) is 1. The molecular weight excluding hydrogens is 466 g/mol. The smallest absolute Gasteiger partial charge is 0.335 e. The largest absolute Gasteiger partial charge is 0.478 e. The Morgan fingerprint density at radius 3 is 2.43 bits per heavy atom. The third kappa shape index (κ3) is 4.68. The molecule has 0 unspecified atom stereocenters. The highest BCUT2D eigenvalue weighted by molar-refractivity contribution is 7.92. The van der Waals surface area contributed by atoms with Gasteiger partial charge in [0.25, 0.3) is 10.0 Å². The summed E-state index contributed by atoms with van der Waals surface area (Å²) in [6.07, 6.45) is 1.36. The van der Waals surface area contributed by atoms with Crippen LogP contribution in [0, 0.1) is 0 Å². The predicted octanol–water partition coefficient (Wildman–Crippen LogP) is 4.24. The SMILES string of the molecule is O=C(O)c1cccc(-c2ccc(NS(=O)(=O)c3ccc(N4CCOCC4)nc3)c3ccccc23)c1. The Hall–Kier alpha value is -3.95. The third-order valence-corrected chi connectivity index (χ3v) is 7.31. The number of rotatable bonds is 6. The van der Waals surface area contributed by atoms with Crippen molar-refractivity contribution in [2.75, 3.05) is 35.9 Å². The van der Waals surface area contributed by atoms with E-state index in [0.29, 0.717) is 43.2 Å². The van der Waals surface area contributed by atoms with Crippen LogP contribution in [0.5, 0.6) is 0 Å². The molecule has 1 aromatic heterocycles. The molecule has 0 atom stereocenters. The van der Waals surface area contributed by atoms with Gasteiger partial charge in [-0.3, -0.25) is 4.72 Å². The van der Waals surface area contributed by atoms with Gasteiger partial charge in [-0.2, -0.15) is 0 Å². The Morgan fingerprint density at radius 1 is 0.943 bits per heavy atom. The van der Waals surface area contributed by atoms with Gasteiger partial charge in [0.15, 0.2) is 0 Å². The number of aromatic nitrogens is 1. The topological polar surface area (TPSA) is 109 Å². The Bertz CT molecular complexity index is 1500. The fourth-order valence-corrected chi connectivity index (χ4v) is 5.20. The molecule has 0 radical (unpaired) electrons. The summed E-state index contributed by atoms with van der Waals surface area (Å²) in [7, 11) is -3.88. The summed E-state index contributed by atoms with van der Waals surface area (Å²) in [5.41, 5.74) is 2.15. The second-order valence-electron chi connectivity index (χ2n) is 8.15. The van der Waals surface area contributed by atoms with Crippen LogP contribution in [0.2, 0.25) is 0 Å². The molecule has 1 aliphatic rings. The Balaban J connectivity index is 1.47. The number of aromatic carboxylic acids is 1. The van der Waals surface area contributed by atoms with Crippen LogP contribution >= 0.6 is 0 Å². The first kappa shape index (κ1) is 22.8. The van der Waals surface area contributed by atoms with Gasteiger partial charge in [0.05, 0.1) is 24.5 Å². The van der Waals surface area contributed by atoms with Crippen molar-refractivity contribution in [1.29, 1.82) is 0 Å². The minimum atomic E-state index is -3.88. The first-order valence-electron chi connectivity index (χ1n) is 11.1. The van der Waals surface area contributed by atoms with E-state index in [1.54, 1.807) is 36.4 Å². The zero-order valence-electron chi connectivity index (χ0n) is 18.7. The van der Waals surface area contributed by atoms with Crippen molar-refractivity contribution in [2.45, 2.75) is 4.90 Å². The highest BCUT2D eigenvalue weighted by Gasteiger charge is 2.19. The lowest BCUT2D eigenvalue weighted by Crippen LogP contribution is -2.36. The molecule has 1 saturated heterocycles. The number of hydrogen-bond acceptors (Lipinski definition) is 6. The molecule has 8 nitrogen and oxygen atoms in total. The van der Waals surface area contributed by atoms with Crippen LogP contribution in [0.25, 0.3) is 21.9 Å². The normalized spacial score (nSPS) is 14.1. The maximum atomic E-state index is 13.2. The third-order valence-electron chi connectivity index (χ3n) is 5.96. The quantitative estimate of drug-likeness (QED) is 0.417. The van der Waals surface area contributed by atoms with Crippen LogP contribution in [0.4, 0.5) is 11.5 Å². The zero-order valence-corrected chi connectivity index (χ0v) is 19.5. The van der Waals surface area contributed by atoms with E-state index < -0.39 is 16.0 Å². The van der Waals surface area contributed by atoms with E-state index in [0.717, 1.165) is 16.5 Å². The second kappa shape index (κ2) is 9.36. The molecule has 2 N–H and O–H groups in total. The number of sulfonamides is 1. The van der Waals surface area contributed by atoms with Crippen LogP contribution in [-0.2, 0) is 14.8 Å². The van der Waals surface area contributed by atoms with E-state index in [1.807, 2.05) is 30.3 Å². The molecule has 0 aliphatic carbocycles. The molecule has 0 amide bonds. The Labute approximate surface area is 202 Å². The van der Waals surface area contributed by atoms with Gasteiger partial charge in [-0.25, -0.2) is 18.2 Å². The minimum absolute atomic E-state index is 0.0665. The van der Waals surface area contributed by atoms with E-state index >= 15 is 0 Å². The number of benzene rings is 3. The first-order valence-corrected chi connectivity index (χ1v) is 12.6. The fourth-order valence-electron chi connectivity index (χ4n) is 4.17. The molecule has 9 heteroatoms. The highest BCUT2D eigenvalue weighted by Crippen LogP contribution is 2.34. The van der Waals surface area contributed by atoms with Gasteiger partial charge >= 0.3 is 5.97 Å². The van der Waals surface area contributed by atoms with Crippen LogP contribution < -0.4 is 9.62 Å². The molecule has 0 spiro atoms. The number of ether oxygens (including phenoxy) is 1. The molecule has 0 saturated carbocycles. The molecule has 5 rings (SSSR count). The average molecular weight is 490 g/mol. The standard InChI is InChI=1S/C26H23N3O5S/c30-26(31)19-5-3-4-18(16-19)21-9-10-24(23-7-2-1-6-22(21)23)28-35(32,33)20-8-11-25(27-17-20)29-12-14-34-15-13-29/h1-11,16-17,28H,12-15H2,(H,30,31). The summed E-state index contributed by atoms with van der Waals surface area (Å²) in [4.78, 5) is 17.9. The lowest BCUT2D eigenvalue weighted by molar-refractivity contribution is 0.0697. The van der Waals surface area contributed by atoms with E-state index in [9.17, 15) is 18.3 Å². The van der Waals surface area contributed by atoms with Crippen molar-refractivity contribution in [1.82, 2.24) is 4.98 Å². The van der Waals surface area contributed by atoms with Gasteiger partial charge in [-0.1, -0.05) is 42.5 Å². The number of carboxylic acid groups (broad SMARTS) is 1. The maximum Gasteiger partial charge on any atom is 0.335 e. The number of pyridine rings is 1. The van der Waals surface area contributed by atoms with Crippen molar-refractivity contribution < 1.29 is 23.1 Å². The predicted molar refractivity (Wildman–Crippen MR) is 134 cm³/mol. The van der Waals surface area contributed by atoms with Crippen LogP contribution in [0.1, 0.15) is 10.4 Å². The first-order chi connectivity index (χ1) is 16.9. The molecule has 1 aliphatic heterocycles. The monoisotopic (exact) mass is 489 g/mol. The summed E-state index contributed by atoms with van der Waals surface area (Å²) in [5, 5.41) is 10.9. The summed E-state index contributed by atoms with van der Waals surface area (Å²) >= 11 is 0. The number of anilines is 2. The molecule has 4 aromatic rings. The number of carboxylic acids is 1. The molecule has 178 valence electrons. The molecule has 3 aromatic carbocycles. The summed E-state index contributed by atoms with van der Waals surface area (Å²) in [6, 6.07) is 20.8. The van der Waals surface area contributed by atoms with E-state index in [4.69, 9.17) is 4.74 Å². The van der Waals surface area contributed by atoms with Gasteiger partial charge in [0, 0.05) is 24.7 Å². The Kier molecular flexibility index (Phi) is 6.10. The molecule has 2 heterocycles. The van der Waals surface area contributed by atoms with E-state index in [-0.39, 0.29) is 10.5 Å². The summed E-state index contributed by atoms with van der Waals surface area (Å²) in [5.74, 6) is -0.292. The van der Waals surface area contributed by atoms with E-state index in [1.165, 1.54) is 12.3 Å². The van der Waals surface area contributed by atoms with Gasteiger partial charge < -0.3 is 14.7 Å². The van der Waals surface area contributed by atoms with Gasteiger partial charge in [-0.15, -0.1) is 0 Å². The number of carbonyl (C=O) groups is 1. The lowest BCUT2D eigenvalue weighted by Gasteiger charge is -2.27. The van der Waals surface area contributed by atoms with Crippen LogP contribution in [-0.4, -0.2) is 50.8 Å². The van der Waals surface area contributed by atoms with Crippen molar-refractivity contribution in [3.63, 3.8) is 0 Å². The zero-order chi connectivity index (χ0) is 24.4. The number of fused-ring (bicyclic) bond motifs is 1. The van der Waals surface area contributed by atoms with Gasteiger partial charge in [-0.05, 0) is 46.8 Å². The summed E-state index contributed by atoms with van der Waals surface area (Å²) in [6.45, 7) is 2.66. The van der Waals surface area contributed by atoms with Crippen molar-refractivity contribution >= 4 is 38.3 Å². The Morgan fingerprint density at radius 2 is 1.71 bits per heavy atom. The highest BCUT2D eigenvalue weighted by atomic mass is 32.2. The van der Waals surface area contributed by atoms with Crippen LogP contribution in [0.3, 0.4) is 0 Å².